The Morgan fingerprint density at radius 1 is 1.04 bits per heavy atom. The highest BCUT2D eigenvalue weighted by molar-refractivity contribution is 7.17. The summed E-state index contributed by atoms with van der Waals surface area (Å²) in [4.78, 5) is 58.0. The fourth-order valence-corrected chi connectivity index (χ4v) is 7.49. The number of ether oxygens (including phenoxy) is 1. The van der Waals surface area contributed by atoms with Crippen LogP contribution in [-0.2, 0) is 20.7 Å². The number of aliphatic hydroxyl groups excluding tert-OH is 1. The van der Waals surface area contributed by atoms with Gasteiger partial charge >= 0.3 is 5.97 Å². The van der Waals surface area contributed by atoms with Crippen LogP contribution in [0.1, 0.15) is 47.0 Å². The Morgan fingerprint density at radius 3 is 2.43 bits per heavy atom. The number of ketones is 1. The van der Waals surface area contributed by atoms with Crippen molar-refractivity contribution in [1.29, 1.82) is 0 Å². The van der Waals surface area contributed by atoms with Gasteiger partial charge in [0.05, 0.1) is 4.88 Å². The summed E-state index contributed by atoms with van der Waals surface area (Å²) in [6.45, 7) is 10.9. The molecular weight excluding hydrogens is 737 g/mol. The van der Waals surface area contributed by atoms with Crippen molar-refractivity contribution in [2.45, 2.75) is 52.7 Å². The molecule has 1 saturated heterocycles. The Kier molecular flexibility index (Phi) is 15.3. The zero-order valence-electron chi connectivity index (χ0n) is 30.3. The Morgan fingerprint density at radius 2 is 1.75 bits per heavy atom. The number of nitrogens with two attached hydrogens (primary N) is 1. The van der Waals surface area contributed by atoms with Gasteiger partial charge in [0.2, 0.25) is 0 Å². The van der Waals surface area contributed by atoms with E-state index in [1.165, 1.54) is 11.3 Å². The lowest BCUT2D eigenvalue weighted by molar-refractivity contribution is -0.155. The number of halogens is 2. The molecule has 0 saturated carbocycles. The predicted octanol–water partition coefficient (Wildman–Crippen LogP) is 5.37. The lowest BCUT2D eigenvalue weighted by Gasteiger charge is -2.35. The third-order valence-electron chi connectivity index (χ3n) is 8.93. The van der Waals surface area contributed by atoms with Crippen molar-refractivity contribution in [1.82, 2.24) is 19.9 Å². The number of benzene rings is 2. The summed E-state index contributed by atoms with van der Waals surface area (Å²) in [6.07, 6.45) is 0.752. The molecule has 1 amide bonds. The SMILES string of the molecule is Cc1nc(NC(=O)c2ncc(-c3c(C)cccc3Cl)s2)cc(N2CCN(CCOC(=O)[C@@H](CC(C)C)C(=O)[C@@H](O)[C@H](N)Cc3ccccc3)CC2)n1.Cl. The summed E-state index contributed by atoms with van der Waals surface area (Å²) < 4.78 is 5.59. The van der Waals surface area contributed by atoms with E-state index in [1.807, 2.05) is 69.3 Å². The highest BCUT2D eigenvalue weighted by Gasteiger charge is 2.36. The molecule has 0 spiro atoms. The fourth-order valence-electron chi connectivity index (χ4n) is 6.18. The Labute approximate surface area is 325 Å². The van der Waals surface area contributed by atoms with Crippen molar-refractivity contribution in [3.63, 3.8) is 0 Å². The van der Waals surface area contributed by atoms with Gasteiger partial charge in [0.1, 0.15) is 36.1 Å². The standard InChI is InChI=1S/C38H46ClN7O5S.ClH/c1-23(2)19-27(34(47)35(48)29(40)20-26-10-6-5-7-11-26)38(50)51-18-17-45-13-15-46(16-14-45)32-21-31(42-25(4)43-32)44-36(49)37-41-22-30(52-37)33-24(3)9-8-12-28(33)39;/h5-12,21-23,27,29,35,48H,13-20,40H2,1-4H3,(H,42,43,44,49);1H/t27-,29+,35-;/m0./s1. The summed E-state index contributed by atoms with van der Waals surface area (Å²) in [5.74, 6) is -1.07. The molecule has 4 aromatic rings. The van der Waals surface area contributed by atoms with E-state index in [1.54, 1.807) is 19.2 Å². The van der Waals surface area contributed by atoms with Gasteiger partial charge in [-0.15, -0.1) is 23.7 Å². The molecule has 3 heterocycles. The number of Topliss-reactive ketones (excluding diaryl/α,β-unsaturated/α-hetero) is 1. The lowest BCUT2D eigenvalue weighted by atomic mass is 9.87. The highest BCUT2D eigenvalue weighted by atomic mass is 35.5. The third-order valence-corrected chi connectivity index (χ3v) is 10.3. The van der Waals surface area contributed by atoms with Gasteiger partial charge in [-0.1, -0.05) is 67.9 Å². The largest absolute Gasteiger partial charge is 0.464 e. The minimum atomic E-state index is -1.48. The second-order valence-electron chi connectivity index (χ2n) is 13.5. The molecule has 0 unspecified atom stereocenters. The minimum Gasteiger partial charge on any atom is -0.464 e. The number of hydrogen-bond acceptors (Lipinski definition) is 12. The average molecular weight is 785 g/mol. The molecule has 0 bridgehead atoms. The first-order valence-corrected chi connectivity index (χ1v) is 18.6. The average Bonchev–Trinajstić information content (AvgIpc) is 3.60. The number of anilines is 2. The summed E-state index contributed by atoms with van der Waals surface area (Å²) >= 11 is 7.69. The molecule has 1 aliphatic rings. The second kappa shape index (κ2) is 19.4. The Balaban J connectivity index is 0.00000627. The molecule has 1 fully saturated rings. The molecule has 1 aliphatic heterocycles. The van der Waals surface area contributed by atoms with Gasteiger partial charge in [-0.2, -0.15) is 0 Å². The van der Waals surface area contributed by atoms with Gasteiger partial charge in [0, 0.05) is 61.6 Å². The first-order valence-electron chi connectivity index (χ1n) is 17.4. The number of carbonyl (C=O) groups excluding carboxylic acids is 3. The number of thiazole rings is 1. The molecule has 3 atom stereocenters. The van der Waals surface area contributed by atoms with Crippen molar-refractivity contribution >= 4 is 64.6 Å². The van der Waals surface area contributed by atoms with E-state index in [-0.39, 0.29) is 37.3 Å². The number of esters is 1. The molecule has 284 valence electrons. The monoisotopic (exact) mass is 783 g/mol. The number of carbonyl (C=O) groups is 3. The van der Waals surface area contributed by atoms with Crippen LogP contribution in [0.15, 0.2) is 60.8 Å². The highest BCUT2D eigenvalue weighted by Crippen LogP contribution is 2.35. The smallest absolute Gasteiger partial charge is 0.316 e. The molecule has 4 N–H and O–H groups in total. The van der Waals surface area contributed by atoms with Gasteiger partial charge in [-0.05, 0) is 49.8 Å². The van der Waals surface area contributed by atoms with Crippen LogP contribution in [0.4, 0.5) is 11.6 Å². The third kappa shape index (κ3) is 11.3. The van der Waals surface area contributed by atoms with E-state index in [0.29, 0.717) is 66.6 Å². The topological polar surface area (TPSA) is 164 Å². The quantitative estimate of drug-likeness (QED) is 0.105. The van der Waals surface area contributed by atoms with Crippen LogP contribution in [0.5, 0.6) is 0 Å². The number of nitrogens with zero attached hydrogens (tertiary/aromatic N) is 5. The van der Waals surface area contributed by atoms with Crippen molar-refractivity contribution in [2.75, 3.05) is 49.5 Å². The second-order valence-corrected chi connectivity index (χ2v) is 14.9. The number of nitrogens with one attached hydrogen (secondary N) is 1. The Hall–Kier alpha value is -3.98. The molecule has 5 rings (SSSR count). The zero-order chi connectivity index (χ0) is 37.4. The van der Waals surface area contributed by atoms with Crippen molar-refractivity contribution < 1.29 is 24.2 Å². The fraction of sp³-hybridized carbons (Fsp3) is 0.421. The van der Waals surface area contributed by atoms with Crippen LogP contribution in [0.2, 0.25) is 5.02 Å². The van der Waals surface area contributed by atoms with Crippen LogP contribution in [0.3, 0.4) is 0 Å². The molecule has 0 aliphatic carbocycles. The molecule has 53 heavy (non-hydrogen) atoms. The molecule has 2 aromatic carbocycles. The lowest BCUT2D eigenvalue weighted by Crippen LogP contribution is -2.48. The maximum Gasteiger partial charge on any atom is 0.316 e. The van der Waals surface area contributed by atoms with Gasteiger partial charge in [0.25, 0.3) is 5.91 Å². The number of hydrogen-bond donors (Lipinski definition) is 3. The summed E-state index contributed by atoms with van der Waals surface area (Å²) in [7, 11) is 0. The van der Waals surface area contributed by atoms with E-state index in [9.17, 15) is 19.5 Å². The molecule has 12 nitrogen and oxygen atoms in total. The number of rotatable bonds is 15. The van der Waals surface area contributed by atoms with Gasteiger partial charge in [0.15, 0.2) is 10.8 Å². The molecule has 15 heteroatoms. The van der Waals surface area contributed by atoms with E-state index in [4.69, 9.17) is 22.1 Å². The van der Waals surface area contributed by atoms with E-state index in [0.717, 1.165) is 21.6 Å². The Bertz CT molecular complexity index is 1830. The number of aromatic nitrogens is 3. The van der Waals surface area contributed by atoms with Crippen LogP contribution >= 0.6 is 35.3 Å². The first-order chi connectivity index (χ1) is 24.9. The molecular formula is C38H47Cl2N7O5S. The van der Waals surface area contributed by atoms with E-state index < -0.39 is 29.8 Å². The van der Waals surface area contributed by atoms with Crippen LogP contribution < -0.4 is 16.0 Å². The normalized spacial score (nSPS) is 15.0. The van der Waals surface area contributed by atoms with Gasteiger partial charge < -0.3 is 25.8 Å². The van der Waals surface area contributed by atoms with Crippen LogP contribution in [-0.4, -0.2) is 94.1 Å². The van der Waals surface area contributed by atoms with Gasteiger partial charge in [-0.25, -0.2) is 15.0 Å². The van der Waals surface area contributed by atoms with E-state index >= 15 is 0 Å². The van der Waals surface area contributed by atoms with Crippen molar-refractivity contribution in [3.05, 3.63) is 87.8 Å². The summed E-state index contributed by atoms with van der Waals surface area (Å²) in [5.41, 5.74) is 8.95. The zero-order valence-corrected chi connectivity index (χ0v) is 32.7. The van der Waals surface area contributed by atoms with Gasteiger partial charge in [-0.3, -0.25) is 19.3 Å². The number of piperazine rings is 1. The minimum absolute atomic E-state index is 0. The summed E-state index contributed by atoms with van der Waals surface area (Å²) in [5, 5.41) is 14.5. The number of aliphatic hydroxyl groups is 1. The molecule has 2 aromatic heterocycles. The van der Waals surface area contributed by atoms with E-state index in [2.05, 4.69) is 30.1 Å². The maximum absolute atomic E-state index is 13.3. The number of aryl methyl sites for hydroxylation is 2. The molecule has 0 radical (unpaired) electrons. The predicted molar refractivity (Wildman–Crippen MR) is 211 cm³/mol. The first kappa shape index (κ1) is 41.8. The summed E-state index contributed by atoms with van der Waals surface area (Å²) in [6, 6.07) is 16.0. The maximum atomic E-state index is 13.3. The number of amides is 1. The van der Waals surface area contributed by atoms with Crippen molar-refractivity contribution in [2.24, 2.45) is 17.6 Å². The van der Waals surface area contributed by atoms with Crippen molar-refractivity contribution in [3.8, 4) is 10.4 Å². The van der Waals surface area contributed by atoms with Crippen LogP contribution in [0.25, 0.3) is 10.4 Å². The van der Waals surface area contributed by atoms with Crippen LogP contribution in [0, 0.1) is 25.7 Å².